The second kappa shape index (κ2) is 5.00. The largest absolute Gasteiger partial charge is 0.368 e. The maximum Gasteiger partial charge on any atom is 0.223 e. The smallest absolute Gasteiger partial charge is 0.223 e. The lowest BCUT2D eigenvalue weighted by Crippen LogP contribution is -2.10. The van der Waals surface area contributed by atoms with Crippen molar-refractivity contribution in [2.75, 3.05) is 11.1 Å². The number of nitrogens with two attached hydrogens (primary N) is 1. The molecule has 0 bridgehead atoms. The molecule has 0 radical (unpaired) electrons. The maximum absolute atomic E-state index is 5.76. The van der Waals surface area contributed by atoms with Crippen LogP contribution in [0.4, 0.5) is 17.5 Å². The number of benzene rings is 1. The Morgan fingerprint density at radius 2 is 1.76 bits per heavy atom. The summed E-state index contributed by atoms with van der Waals surface area (Å²) in [4.78, 5) is 9.43. The first-order chi connectivity index (χ1) is 9.93. The standard InChI is InChI=1S/C16H18N4S/c1-16(2,3)10-4-6-11(7-5-10)18-13-12-8-9-21-14(12)20-15(17)19-13/h4-9H,1-3H3,(H3,17,18,19,20). The average molecular weight is 298 g/mol. The van der Waals surface area contributed by atoms with Crippen molar-refractivity contribution < 1.29 is 0 Å². The topological polar surface area (TPSA) is 63.8 Å². The Balaban J connectivity index is 1.93. The highest BCUT2D eigenvalue weighted by Crippen LogP contribution is 2.29. The number of nitrogens with one attached hydrogen (secondary N) is 1. The van der Waals surface area contributed by atoms with Gasteiger partial charge in [-0.25, -0.2) is 4.98 Å². The third kappa shape index (κ3) is 2.83. The van der Waals surface area contributed by atoms with E-state index in [-0.39, 0.29) is 5.41 Å². The molecule has 0 fully saturated rings. The maximum atomic E-state index is 5.76. The minimum Gasteiger partial charge on any atom is -0.368 e. The van der Waals surface area contributed by atoms with Crippen molar-refractivity contribution in [3.8, 4) is 0 Å². The van der Waals surface area contributed by atoms with Crippen molar-refractivity contribution in [3.05, 3.63) is 41.3 Å². The van der Waals surface area contributed by atoms with Gasteiger partial charge in [-0.05, 0) is 34.6 Å². The second-order valence-corrected chi connectivity index (χ2v) is 6.92. The van der Waals surface area contributed by atoms with Crippen LogP contribution in [0.2, 0.25) is 0 Å². The molecule has 3 aromatic rings. The van der Waals surface area contributed by atoms with Gasteiger partial charge in [0, 0.05) is 5.69 Å². The number of aromatic nitrogens is 2. The van der Waals surface area contributed by atoms with E-state index in [0.717, 1.165) is 21.7 Å². The zero-order chi connectivity index (χ0) is 15.0. The van der Waals surface area contributed by atoms with Gasteiger partial charge in [-0.2, -0.15) is 4.98 Å². The number of rotatable bonds is 2. The molecule has 0 saturated carbocycles. The zero-order valence-electron chi connectivity index (χ0n) is 12.3. The Bertz CT molecular complexity index is 769. The van der Waals surface area contributed by atoms with Crippen molar-refractivity contribution in [1.29, 1.82) is 0 Å². The first-order valence-corrected chi connectivity index (χ1v) is 7.70. The summed E-state index contributed by atoms with van der Waals surface area (Å²) in [5, 5.41) is 6.32. The molecule has 0 saturated heterocycles. The number of anilines is 3. The van der Waals surface area contributed by atoms with Crippen LogP contribution in [-0.4, -0.2) is 9.97 Å². The molecule has 0 aliphatic heterocycles. The molecule has 108 valence electrons. The van der Waals surface area contributed by atoms with Gasteiger partial charge < -0.3 is 11.1 Å². The van der Waals surface area contributed by atoms with E-state index in [1.54, 1.807) is 11.3 Å². The lowest BCUT2D eigenvalue weighted by Gasteiger charge is -2.19. The molecular formula is C16H18N4S. The molecule has 3 rings (SSSR count). The summed E-state index contributed by atoms with van der Waals surface area (Å²) in [6.45, 7) is 6.61. The fraction of sp³-hybridized carbons (Fsp3) is 0.250. The summed E-state index contributed by atoms with van der Waals surface area (Å²) < 4.78 is 0. The molecule has 0 aliphatic rings. The average Bonchev–Trinajstić information content (AvgIpc) is 2.86. The monoisotopic (exact) mass is 298 g/mol. The Hall–Kier alpha value is -2.14. The first kappa shape index (κ1) is 13.8. The molecule has 4 nitrogen and oxygen atoms in total. The number of hydrogen-bond donors (Lipinski definition) is 2. The van der Waals surface area contributed by atoms with Crippen LogP contribution in [0.1, 0.15) is 26.3 Å². The number of nitrogens with zero attached hydrogens (tertiary/aromatic N) is 2. The minimum absolute atomic E-state index is 0.151. The van der Waals surface area contributed by atoms with Crippen LogP contribution in [-0.2, 0) is 5.41 Å². The van der Waals surface area contributed by atoms with Crippen LogP contribution in [0.15, 0.2) is 35.7 Å². The Morgan fingerprint density at radius 1 is 1.05 bits per heavy atom. The van der Waals surface area contributed by atoms with Crippen LogP contribution >= 0.6 is 11.3 Å². The van der Waals surface area contributed by atoms with Crippen LogP contribution < -0.4 is 11.1 Å². The zero-order valence-corrected chi connectivity index (χ0v) is 13.2. The van der Waals surface area contributed by atoms with E-state index in [0.29, 0.717) is 5.95 Å². The van der Waals surface area contributed by atoms with Gasteiger partial charge >= 0.3 is 0 Å². The lowest BCUT2D eigenvalue weighted by molar-refractivity contribution is 0.590. The van der Waals surface area contributed by atoms with E-state index >= 15 is 0 Å². The highest BCUT2D eigenvalue weighted by molar-refractivity contribution is 7.16. The van der Waals surface area contributed by atoms with E-state index in [2.05, 4.69) is 60.3 Å². The van der Waals surface area contributed by atoms with Gasteiger partial charge in [0.2, 0.25) is 5.95 Å². The Morgan fingerprint density at radius 3 is 2.43 bits per heavy atom. The van der Waals surface area contributed by atoms with Crippen LogP contribution in [0.5, 0.6) is 0 Å². The van der Waals surface area contributed by atoms with E-state index in [4.69, 9.17) is 5.73 Å². The Labute approximate surface area is 128 Å². The summed E-state index contributed by atoms with van der Waals surface area (Å²) >= 11 is 1.56. The molecule has 0 atom stereocenters. The molecule has 0 unspecified atom stereocenters. The molecule has 0 amide bonds. The van der Waals surface area contributed by atoms with Gasteiger partial charge in [-0.15, -0.1) is 11.3 Å². The number of hydrogen-bond acceptors (Lipinski definition) is 5. The minimum atomic E-state index is 0.151. The summed E-state index contributed by atoms with van der Waals surface area (Å²) in [5.74, 6) is 1.04. The number of thiophene rings is 1. The van der Waals surface area contributed by atoms with Gasteiger partial charge in [0.25, 0.3) is 0 Å². The van der Waals surface area contributed by atoms with E-state index < -0.39 is 0 Å². The van der Waals surface area contributed by atoms with Gasteiger partial charge in [-0.3, -0.25) is 0 Å². The number of fused-ring (bicyclic) bond motifs is 1. The fourth-order valence-corrected chi connectivity index (χ4v) is 2.93. The van der Waals surface area contributed by atoms with Crippen molar-refractivity contribution in [2.24, 2.45) is 0 Å². The predicted octanol–water partition coefficient (Wildman–Crippen LogP) is 4.31. The molecule has 21 heavy (non-hydrogen) atoms. The summed E-state index contributed by atoms with van der Waals surface area (Å²) in [5.41, 5.74) is 8.21. The van der Waals surface area contributed by atoms with Gasteiger partial charge in [0.05, 0.1) is 5.39 Å². The first-order valence-electron chi connectivity index (χ1n) is 6.82. The van der Waals surface area contributed by atoms with E-state index in [1.165, 1.54) is 5.56 Å². The van der Waals surface area contributed by atoms with Crippen molar-refractivity contribution in [1.82, 2.24) is 9.97 Å². The number of nitrogen functional groups attached to an aromatic ring is 1. The van der Waals surface area contributed by atoms with Gasteiger partial charge in [-0.1, -0.05) is 32.9 Å². The lowest BCUT2D eigenvalue weighted by atomic mass is 9.87. The molecular weight excluding hydrogens is 280 g/mol. The van der Waals surface area contributed by atoms with Crippen molar-refractivity contribution in [3.63, 3.8) is 0 Å². The molecule has 2 aromatic heterocycles. The normalized spacial score (nSPS) is 11.8. The highest BCUT2D eigenvalue weighted by Gasteiger charge is 2.13. The molecule has 1 aromatic carbocycles. The third-order valence-electron chi connectivity index (χ3n) is 3.36. The van der Waals surface area contributed by atoms with Crippen LogP contribution in [0.25, 0.3) is 10.2 Å². The summed E-state index contributed by atoms with van der Waals surface area (Å²) in [6, 6.07) is 10.4. The van der Waals surface area contributed by atoms with Crippen molar-refractivity contribution >= 4 is 39.0 Å². The molecule has 5 heteroatoms. The SMILES string of the molecule is CC(C)(C)c1ccc(Nc2nc(N)nc3sccc23)cc1. The molecule has 0 spiro atoms. The van der Waals surface area contributed by atoms with E-state index in [1.807, 2.05) is 11.4 Å². The van der Waals surface area contributed by atoms with E-state index in [9.17, 15) is 0 Å². The Kier molecular flexibility index (Phi) is 3.29. The third-order valence-corrected chi connectivity index (χ3v) is 4.16. The second-order valence-electron chi connectivity index (χ2n) is 6.02. The van der Waals surface area contributed by atoms with Crippen LogP contribution in [0.3, 0.4) is 0 Å². The molecule has 0 aliphatic carbocycles. The van der Waals surface area contributed by atoms with Gasteiger partial charge in [0.1, 0.15) is 10.6 Å². The molecule has 3 N–H and O–H groups in total. The fourth-order valence-electron chi connectivity index (χ4n) is 2.16. The summed E-state index contributed by atoms with van der Waals surface area (Å²) in [6.07, 6.45) is 0. The van der Waals surface area contributed by atoms with Crippen LogP contribution in [0, 0.1) is 0 Å². The highest BCUT2D eigenvalue weighted by atomic mass is 32.1. The quantitative estimate of drug-likeness (QED) is 0.739. The van der Waals surface area contributed by atoms with Crippen molar-refractivity contribution in [2.45, 2.75) is 26.2 Å². The van der Waals surface area contributed by atoms with Gasteiger partial charge in [0.15, 0.2) is 0 Å². The molecule has 2 heterocycles. The predicted molar refractivity (Wildman–Crippen MR) is 90.3 cm³/mol. The summed E-state index contributed by atoms with van der Waals surface area (Å²) in [7, 11) is 0.